The summed E-state index contributed by atoms with van der Waals surface area (Å²) in [5.74, 6) is 0. The molecule has 0 spiro atoms. The molecule has 2 aliphatic carbocycles. The Bertz CT molecular complexity index is 1030. The van der Waals surface area contributed by atoms with E-state index in [1.165, 1.54) is 28.7 Å². The van der Waals surface area contributed by atoms with Crippen molar-refractivity contribution in [3.8, 4) is 11.1 Å². The second kappa shape index (κ2) is 7.77. The van der Waals surface area contributed by atoms with Gasteiger partial charge in [-0.25, -0.2) is 0 Å². The van der Waals surface area contributed by atoms with Crippen molar-refractivity contribution in [3.63, 3.8) is 0 Å². The molecule has 30 heavy (non-hydrogen) atoms. The zero-order chi connectivity index (χ0) is 21.8. The van der Waals surface area contributed by atoms with Crippen LogP contribution < -0.4 is 0 Å². The van der Waals surface area contributed by atoms with Crippen molar-refractivity contribution in [1.29, 1.82) is 0 Å². The van der Waals surface area contributed by atoms with Gasteiger partial charge in [0.05, 0.1) is 0 Å². The zero-order valence-electron chi connectivity index (χ0n) is 20.0. The molecule has 0 saturated carbocycles. The Labute approximate surface area is 190 Å². The second-order valence-electron chi connectivity index (χ2n) is 11.3. The van der Waals surface area contributed by atoms with Crippen LogP contribution >= 0.6 is 0 Å². The molecule has 4 rings (SSSR count). The predicted octanol–water partition coefficient (Wildman–Crippen LogP) is 8.06. The summed E-state index contributed by atoms with van der Waals surface area (Å²) in [6, 6.07) is 14.8. The first-order valence-electron chi connectivity index (χ1n) is 11.3. The van der Waals surface area contributed by atoms with Crippen molar-refractivity contribution in [1.82, 2.24) is 0 Å². The van der Waals surface area contributed by atoms with Crippen molar-refractivity contribution in [2.75, 3.05) is 0 Å². The molecular weight excluding hydrogens is 412 g/mol. The van der Waals surface area contributed by atoms with E-state index in [2.05, 4.69) is 109 Å². The standard InChI is InChI=1S/C21H25.C5H5.C2H6Si.Ti/c1-20(2,3)16-7-9-18-14(12-16)11-15-13-17(21(4,5)6)8-10-19(15)18;1-2-4-5-3-1;1-3-2;/h7-13H,1-6H3;1-3H,4H2;1-2H3;. The molecule has 0 fully saturated rings. The van der Waals surface area contributed by atoms with Gasteiger partial charge in [-0.3, -0.25) is 0 Å². The van der Waals surface area contributed by atoms with Crippen LogP contribution in [0.5, 0.6) is 0 Å². The average Bonchev–Trinajstić information content (AvgIpc) is 3.27. The Morgan fingerprint density at radius 1 is 0.800 bits per heavy atom. The molecule has 0 heterocycles. The molecule has 2 heteroatoms. The van der Waals surface area contributed by atoms with Crippen molar-refractivity contribution in [2.24, 2.45) is 0 Å². The minimum atomic E-state index is -1.49. The summed E-state index contributed by atoms with van der Waals surface area (Å²) in [6.07, 6.45) is 8.00. The fourth-order valence-corrected chi connectivity index (χ4v) is 17.2. The molecule has 156 valence electrons. The summed E-state index contributed by atoms with van der Waals surface area (Å²) < 4.78 is 2.45. The van der Waals surface area contributed by atoms with Crippen molar-refractivity contribution >= 4 is 6.19 Å². The van der Waals surface area contributed by atoms with Crippen LogP contribution in [0, 0.1) is 0 Å². The fraction of sp³-hybridized carbons (Fsp3) is 0.429. The number of fused-ring (bicyclic) bond motifs is 3. The van der Waals surface area contributed by atoms with Crippen LogP contribution in [-0.4, -0.2) is 6.19 Å². The first-order valence-corrected chi connectivity index (χ1v) is 17.8. The minimum absolute atomic E-state index is 0.186. The van der Waals surface area contributed by atoms with Gasteiger partial charge in [-0.1, -0.05) is 0 Å². The molecule has 0 aromatic heterocycles. The summed E-state index contributed by atoms with van der Waals surface area (Å²) in [5.41, 5.74) is 9.61. The normalized spacial score (nSPS) is 15.8. The molecule has 0 saturated heterocycles. The molecule has 0 nitrogen and oxygen atoms in total. The van der Waals surface area contributed by atoms with Gasteiger partial charge in [-0.15, -0.1) is 0 Å². The van der Waals surface area contributed by atoms with E-state index in [-0.39, 0.29) is 17.0 Å². The number of hydrogen-bond donors (Lipinski definition) is 0. The van der Waals surface area contributed by atoms with Crippen LogP contribution in [0.3, 0.4) is 0 Å². The third kappa shape index (κ3) is 3.90. The summed E-state index contributed by atoms with van der Waals surface area (Å²) in [4.78, 5) is 0. The Hall–Kier alpha value is -1.15. The Morgan fingerprint density at radius 3 is 1.67 bits per heavy atom. The van der Waals surface area contributed by atoms with Crippen LogP contribution in [0.15, 0.2) is 58.5 Å². The van der Waals surface area contributed by atoms with E-state index in [0.29, 0.717) is 4.22 Å². The molecule has 0 bridgehead atoms. The average molecular weight is 449 g/mol. The molecule has 0 amide bonds. The number of hydrogen-bond acceptors (Lipinski definition) is 0. The monoisotopic (exact) mass is 448 g/mol. The van der Waals surface area contributed by atoms with Gasteiger partial charge in [0.1, 0.15) is 0 Å². The predicted molar refractivity (Wildman–Crippen MR) is 130 cm³/mol. The van der Waals surface area contributed by atoms with E-state index in [4.69, 9.17) is 0 Å². The van der Waals surface area contributed by atoms with Crippen molar-refractivity contribution in [2.45, 2.75) is 76.1 Å². The quantitative estimate of drug-likeness (QED) is 0.408. The number of benzene rings is 2. The summed E-state index contributed by atoms with van der Waals surface area (Å²) in [7, 11) is 0. The van der Waals surface area contributed by atoms with E-state index >= 15 is 0 Å². The summed E-state index contributed by atoms with van der Waals surface area (Å²) >= 11 is -1.49. The van der Waals surface area contributed by atoms with Crippen molar-refractivity contribution in [3.05, 3.63) is 80.8 Å². The van der Waals surface area contributed by atoms with Crippen molar-refractivity contribution < 1.29 is 16.6 Å². The van der Waals surface area contributed by atoms with Crippen LogP contribution in [0.1, 0.15) is 74.4 Å². The Kier molecular flexibility index (Phi) is 5.71. The zero-order valence-corrected chi connectivity index (χ0v) is 22.5. The van der Waals surface area contributed by atoms with E-state index in [9.17, 15) is 0 Å². The maximum atomic E-state index is 2.58. The van der Waals surface area contributed by atoms with Crippen LogP contribution in [-0.2, 0) is 27.4 Å². The number of rotatable bonds is 2. The molecular formula is C28H36SiTi. The summed E-state index contributed by atoms with van der Waals surface area (Å²) in [6.45, 7) is 19.2. The van der Waals surface area contributed by atoms with E-state index in [0.717, 1.165) is 0 Å². The Balaban J connectivity index is 2.00. The molecule has 2 aliphatic rings. The maximum absolute atomic E-state index is 2.58. The topological polar surface area (TPSA) is 0 Å². The first kappa shape index (κ1) is 22.1. The van der Waals surface area contributed by atoms with Gasteiger partial charge in [-0.05, 0) is 0 Å². The van der Waals surface area contributed by atoms with Gasteiger partial charge < -0.3 is 0 Å². The van der Waals surface area contributed by atoms with Crippen LogP contribution in [0.25, 0.3) is 11.1 Å². The van der Waals surface area contributed by atoms with Gasteiger partial charge in [0.2, 0.25) is 0 Å². The third-order valence-corrected chi connectivity index (χ3v) is 18.9. The van der Waals surface area contributed by atoms with Crippen LogP contribution in [0.2, 0.25) is 13.1 Å². The molecule has 2 aromatic rings. The van der Waals surface area contributed by atoms with E-state index in [1.54, 1.807) is 15.0 Å². The van der Waals surface area contributed by atoms with E-state index in [1.807, 2.05) is 0 Å². The molecule has 0 radical (unpaired) electrons. The molecule has 0 N–H and O–H groups in total. The van der Waals surface area contributed by atoms with Gasteiger partial charge in [0, 0.05) is 0 Å². The first-order chi connectivity index (χ1) is 14.0. The van der Waals surface area contributed by atoms with Crippen LogP contribution in [0.4, 0.5) is 0 Å². The molecule has 0 aliphatic heterocycles. The second-order valence-corrected chi connectivity index (χ2v) is 23.4. The molecule has 0 atom stereocenters. The van der Waals surface area contributed by atoms with Gasteiger partial charge in [-0.2, -0.15) is 0 Å². The van der Waals surface area contributed by atoms with Gasteiger partial charge in [0.15, 0.2) is 0 Å². The third-order valence-electron chi connectivity index (χ3n) is 6.69. The number of allylic oxidation sites excluding steroid dienone is 4. The Morgan fingerprint density at radius 2 is 1.30 bits per heavy atom. The molecule has 2 aromatic carbocycles. The van der Waals surface area contributed by atoms with E-state index < -0.39 is 16.6 Å². The molecule has 0 unspecified atom stereocenters. The van der Waals surface area contributed by atoms with Gasteiger partial charge >= 0.3 is 191 Å². The SMILES string of the molecule is C[Si](C)=[Ti]([C]1=CC=CC1)[CH]1c2cc(C(C)(C)C)ccc2-c2ccc(C(C)(C)C)cc21. The summed E-state index contributed by atoms with van der Waals surface area (Å²) in [5, 5.41) is 0. The fourth-order valence-electron chi connectivity index (χ4n) is 4.95. The van der Waals surface area contributed by atoms with Gasteiger partial charge in [0.25, 0.3) is 0 Å².